The largest absolute Gasteiger partial charge is 0.366 e. The molecule has 1 aromatic heterocycles. The number of hydrogen-bond donors (Lipinski definition) is 0. The lowest BCUT2D eigenvalue weighted by atomic mass is 10.1. The summed E-state index contributed by atoms with van der Waals surface area (Å²) < 4.78 is -1.81. The van der Waals surface area contributed by atoms with Gasteiger partial charge in [0.05, 0.1) is 5.56 Å². The van der Waals surface area contributed by atoms with E-state index < -0.39 is 3.79 Å². The first kappa shape index (κ1) is 17.1. The van der Waals surface area contributed by atoms with Crippen molar-refractivity contribution in [2.45, 2.75) is 24.6 Å². The summed E-state index contributed by atoms with van der Waals surface area (Å²) >= 11 is 17.6. The van der Waals surface area contributed by atoms with Gasteiger partial charge >= 0.3 is 0 Å². The number of aryl methyl sites for hydroxylation is 1. The van der Waals surface area contributed by atoms with Gasteiger partial charge in [0.2, 0.25) is 3.79 Å². The lowest BCUT2D eigenvalue weighted by Crippen LogP contribution is -2.19. The van der Waals surface area contributed by atoms with Crippen LogP contribution in [0.5, 0.6) is 0 Å². The van der Waals surface area contributed by atoms with Crippen molar-refractivity contribution < 1.29 is 4.79 Å². The van der Waals surface area contributed by atoms with Crippen LogP contribution >= 0.6 is 34.8 Å². The first-order valence-electron chi connectivity index (χ1n) is 5.73. The Bertz CT molecular complexity index is 565. The molecule has 0 aliphatic rings. The summed E-state index contributed by atoms with van der Waals surface area (Å²) in [5.41, 5.74) is 0.171. The molecule has 5 nitrogen and oxygen atoms in total. The summed E-state index contributed by atoms with van der Waals surface area (Å²) in [4.78, 5) is 26.2. The van der Waals surface area contributed by atoms with E-state index in [2.05, 4.69) is 15.0 Å². The van der Waals surface area contributed by atoms with Gasteiger partial charge in [-0.25, -0.2) is 15.0 Å². The summed E-state index contributed by atoms with van der Waals surface area (Å²) in [5.74, 6) is 0.941. The molecule has 0 fully saturated rings. The van der Waals surface area contributed by atoms with Crippen molar-refractivity contribution in [1.29, 1.82) is 0 Å². The van der Waals surface area contributed by atoms with E-state index in [1.54, 1.807) is 18.7 Å². The normalized spacial score (nSPS) is 12.5. The van der Waals surface area contributed by atoms with Crippen LogP contribution in [0.3, 0.4) is 0 Å². The quantitative estimate of drug-likeness (QED) is 0.359. The number of hydrogen-bond acceptors (Lipinski definition) is 4. The van der Waals surface area contributed by atoms with Gasteiger partial charge < -0.3 is 4.90 Å². The Balaban J connectivity index is 3.64. The van der Waals surface area contributed by atoms with Gasteiger partial charge in [-0.3, -0.25) is 4.79 Å². The molecule has 0 N–H and O–H groups in total. The van der Waals surface area contributed by atoms with Crippen molar-refractivity contribution in [3.63, 3.8) is 0 Å². The van der Waals surface area contributed by atoms with Crippen molar-refractivity contribution in [3.05, 3.63) is 17.1 Å². The van der Waals surface area contributed by atoms with E-state index in [1.807, 2.05) is 14.1 Å². The second kappa shape index (κ2) is 6.24. The number of aromatic nitrogens is 2. The highest BCUT2D eigenvalue weighted by Gasteiger charge is 2.32. The van der Waals surface area contributed by atoms with E-state index in [9.17, 15) is 4.79 Å². The fourth-order valence-corrected chi connectivity index (χ4v) is 1.83. The molecule has 0 saturated carbocycles. The number of carbonyl (C=O) groups is 1. The molecule has 0 aliphatic carbocycles. The molecule has 0 bridgehead atoms. The van der Waals surface area contributed by atoms with Gasteiger partial charge in [-0.2, -0.15) is 0 Å². The predicted octanol–water partition coefficient (Wildman–Crippen LogP) is 3.43. The van der Waals surface area contributed by atoms with E-state index in [1.165, 1.54) is 6.92 Å². The SMILES string of the molecule is CC(=O)c1c(N=C(C)N(C)C)nc(C)nc1C(Cl)(Cl)Cl. The van der Waals surface area contributed by atoms with Crippen LogP contribution in [0.2, 0.25) is 0 Å². The number of nitrogens with zero attached hydrogens (tertiary/aromatic N) is 4. The second-order valence-electron chi connectivity index (χ2n) is 4.43. The van der Waals surface area contributed by atoms with Gasteiger partial charge in [0.25, 0.3) is 0 Å². The molecule has 8 heteroatoms. The molecule has 0 saturated heterocycles. The molecule has 0 aliphatic heterocycles. The Morgan fingerprint density at radius 3 is 2.15 bits per heavy atom. The van der Waals surface area contributed by atoms with Crippen LogP contribution in [0.1, 0.15) is 35.7 Å². The van der Waals surface area contributed by atoms with Crippen LogP contribution in [0.25, 0.3) is 0 Å². The maximum absolute atomic E-state index is 11.9. The molecule has 110 valence electrons. The summed E-state index contributed by atoms with van der Waals surface area (Å²) in [6.07, 6.45) is 0. The van der Waals surface area contributed by atoms with Crippen molar-refractivity contribution in [2.24, 2.45) is 4.99 Å². The topological polar surface area (TPSA) is 58.5 Å². The fourth-order valence-electron chi connectivity index (χ4n) is 1.42. The first-order valence-corrected chi connectivity index (χ1v) is 6.86. The van der Waals surface area contributed by atoms with Gasteiger partial charge in [0.1, 0.15) is 17.4 Å². The highest BCUT2D eigenvalue weighted by atomic mass is 35.6. The van der Waals surface area contributed by atoms with Crippen molar-refractivity contribution >= 4 is 52.2 Å². The number of alkyl halides is 3. The molecule has 0 atom stereocenters. The number of halogens is 3. The smallest absolute Gasteiger partial charge is 0.233 e. The Hall–Kier alpha value is -0.910. The zero-order valence-corrected chi connectivity index (χ0v) is 14.1. The maximum atomic E-state index is 11.9. The van der Waals surface area contributed by atoms with Crippen LogP contribution in [0, 0.1) is 6.92 Å². The standard InChI is InChI=1S/C12H15Cl3N4O/c1-6(20)9-10(12(13,14)15)16-7(2)17-11(9)18-8(3)19(4)5/h1-5H3. The van der Waals surface area contributed by atoms with Crippen LogP contribution < -0.4 is 0 Å². The van der Waals surface area contributed by atoms with E-state index in [0.717, 1.165) is 0 Å². The van der Waals surface area contributed by atoms with Crippen LogP contribution in [-0.2, 0) is 3.79 Å². The van der Waals surface area contributed by atoms with Gasteiger partial charge in [0.15, 0.2) is 11.6 Å². The van der Waals surface area contributed by atoms with Gasteiger partial charge in [-0.1, -0.05) is 34.8 Å². The molecule has 1 heterocycles. The highest BCUT2D eigenvalue weighted by molar-refractivity contribution is 6.66. The van der Waals surface area contributed by atoms with Gasteiger partial charge in [-0.15, -0.1) is 0 Å². The van der Waals surface area contributed by atoms with E-state index >= 15 is 0 Å². The zero-order chi connectivity index (χ0) is 15.7. The molecule has 0 spiro atoms. The van der Waals surface area contributed by atoms with Crippen molar-refractivity contribution in [2.75, 3.05) is 14.1 Å². The van der Waals surface area contributed by atoms with Crippen LogP contribution in [0.4, 0.5) is 5.82 Å². The molecular formula is C12H15Cl3N4O. The minimum atomic E-state index is -1.81. The minimum absolute atomic E-state index is 0.0489. The van der Waals surface area contributed by atoms with E-state index in [-0.39, 0.29) is 22.9 Å². The molecule has 20 heavy (non-hydrogen) atoms. The van der Waals surface area contributed by atoms with E-state index in [4.69, 9.17) is 34.8 Å². The Labute approximate surface area is 133 Å². The fraction of sp³-hybridized carbons (Fsp3) is 0.500. The summed E-state index contributed by atoms with van der Waals surface area (Å²) in [6.45, 7) is 4.79. The molecule has 1 rings (SSSR count). The minimum Gasteiger partial charge on any atom is -0.366 e. The first-order chi connectivity index (χ1) is 9.04. The molecule has 0 amide bonds. The molecular weight excluding hydrogens is 323 g/mol. The number of aliphatic imine (C=N–C) groups is 1. The maximum Gasteiger partial charge on any atom is 0.233 e. The molecule has 0 unspecified atom stereocenters. The number of carbonyl (C=O) groups excluding carboxylic acids is 1. The monoisotopic (exact) mass is 336 g/mol. The summed E-state index contributed by atoms with van der Waals surface area (Å²) in [6, 6.07) is 0. The lowest BCUT2D eigenvalue weighted by molar-refractivity contribution is 0.101. The van der Waals surface area contributed by atoms with Crippen molar-refractivity contribution in [1.82, 2.24) is 14.9 Å². The van der Waals surface area contributed by atoms with Gasteiger partial charge in [0, 0.05) is 14.1 Å². The van der Waals surface area contributed by atoms with Crippen molar-refractivity contribution in [3.8, 4) is 0 Å². The van der Waals surface area contributed by atoms with Gasteiger partial charge in [-0.05, 0) is 20.8 Å². The van der Waals surface area contributed by atoms with Crippen LogP contribution in [0.15, 0.2) is 4.99 Å². The van der Waals surface area contributed by atoms with Crippen LogP contribution in [-0.4, -0.2) is 40.6 Å². The number of Topliss-reactive ketones (excluding diaryl/α,β-unsaturated/α-hetero) is 1. The second-order valence-corrected chi connectivity index (χ2v) is 6.71. The highest BCUT2D eigenvalue weighted by Crippen LogP contribution is 2.41. The van der Waals surface area contributed by atoms with E-state index in [0.29, 0.717) is 11.7 Å². The average Bonchev–Trinajstić information content (AvgIpc) is 2.25. The molecule has 0 radical (unpaired) electrons. The number of amidine groups is 1. The Kier molecular flexibility index (Phi) is 5.35. The molecule has 1 aromatic rings. The number of rotatable bonds is 2. The summed E-state index contributed by atoms with van der Waals surface area (Å²) in [7, 11) is 3.66. The number of ketones is 1. The average molecular weight is 338 g/mol. The Morgan fingerprint density at radius 1 is 1.20 bits per heavy atom. The lowest BCUT2D eigenvalue weighted by Gasteiger charge is -2.17. The molecule has 0 aromatic carbocycles. The third kappa shape index (κ3) is 4.04. The Morgan fingerprint density at radius 2 is 1.75 bits per heavy atom. The third-order valence-electron chi connectivity index (χ3n) is 2.54. The zero-order valence-electron chi connectivity index (χ0n) is 11.8. The predicted molar refractivity (Wildman–Crippen MR) is 82.5 cm³/mol. The summed E-state index contributed by atoms with van der Waals surface area (Å²) in [5, 5.41) is 0. The third-order valence-corrected chi connectivity index (χ3v) is 3.07.